The Hall–Kier alpha value is -3.66. The number of nitrogens with zero attached hydrogens (tertiary/aromatic N) is 2. The summed E-state index contributed by atoms with van der Waals surface area (Å²) in [5.41, 5.74) is 3.86. The van der Waals surface area contributed by atoms with Crippen LogP contribution in [0.3, 0.4) is 0 Å². The van der Waals surface area contributed by atoms with Gasteiger partial charge >= 0.3 is 0 Å². The highest BCUT2D eigenvalue weighted by atomic mass is 79.9. The SMILES string of the molecule is Cc1ccc(N(CC(=O)N(Cc2cccc(Br)c2)C(Cc2ccccc2)C(=O)NC(C)C)S(=O)(=O)c2ccc(Cl)cc2)cc1C. The maximum Gasteiger partial charge on any atom is 0.264 e. The van der Waals surface area contributed by atoms with Gasteiger partial charge in [-0.05, 0) is 98.5 Å². The molecule has 0 radical (unpaired) electrons. The molecule has 4 rings (SSSR count). The molecule has 7 nitrogen and oxygen atoms in total. The Balaban J connectivity index is 1.82. The number of rotatable bonds is 12. The van der Waals surface area contributed by atoms with Crippen molar-refractivity contribution in [1.29, 1.82) is 0 Å². The lowest BCUT2D eigenvalue weighted by Gasteiger charge is -2.34. The molecular weight excluding hydrogens is 674 g/mol. The second-order valence-corrected chi connectivity index (χ2v) is 14.5. The summed E-state index contributed by atoms with van der Waals surface area (Å²) in [6.45, 7) is 7.10. The molecule has 0 spiro atoms. The number of sulfonamides is 1. The Morgan fingerprint density at radius 1 is 0.844 bits per heavy atom. The predicted molar refractivity (Wildman–Crippen MR) is 184 cm³/mol. The zero-order valence-corrected chi connectivity index (χ0v) is 28.9. The summed E-state index contributed by atoms with van der Waals surface area (Å²) >= 11 is 9.57. The summed E-state index contributed by atoms with van der Waals surface area (Å²) in [7, 11) is -4.21. The minimum Gasteiger partial charge on any atom is -0.352 e. The first-order valence-electron chi connectivity index (χ1n) is 14.6. The van der Waals surface area contributed by atoms with Gasteiger partial charge in [0, 0.05) is 28.5 Å². The van der Waals surface area contributed by atoms with Crippen LogP contribution in [0, 0.1) is 13.8 Å². The molecule has 0 bridgehead atoms. The van der Waals surface area contributed by atoms with Crippen molar-refractivity contribution < 1.29 is 18.0 Å². The Morgan fingerprint density at radius 3 is 2.13 bits per heavy atom. The molecule has 0 saturated heterocycles. The lowest BCUT2D eigenvalue weighted by Crippen LogP contribution is -2.54. The molecule has 0 saturated carbocycles. The van der Waals surface area contributed by atoms with E-state index in [1.807, 2.05) is 88.4 Å². The zero-order valence-electron chi connectivity index (χ0n) is 25.7. The van der Waals surface area contributed by atoms with Gasteiger partial charge in [-0.1, -0.05) is 76.1 Å². The van der Waals surface area contributed by atoms with E-state index in [1.54, 1.807) is 12.1 Å². The van der Waals surface area contributed by atoms with Gasteiger partial charge in [-0.2, -0.15) is 0 Å². The Morgan fingerprint density at radius 2 is 1.51 bits per heavy atom. The number of benzene rings is 4. The third-order valence-corrected chi connectivity index (χ3v) is 9.94. The highest BCUT2D eigenvalue weighted by molar-refractivity contribution is 9.10. The maximum atomic E-state index is 14.5. The number of anilines is 1. The molecule has 45 heavy (non-hydrogen) atoms. The van der Waals surface area contributed by atoms with Gasteiger partial charge in [0.15, 0.2) is 0 Å². The normalized spacial score (nSPS) is 12.1. The van der Waals surface area contributed by atoms with E-state index in [4.69, 9.17) is 11.6 Å². The molecular formula is C35H37BrClN3O4S. The fourth-order valence-electron chi connectivity index (χ4n) is 4.91. The van der Waals surface area contributed by atoms with Crippen molar-refractivity contribution in [2.75, 3.05) is 10.8 Å². The van der Waals surface area contributed by atoms with E-state index in [2.05, 4.69) is 21.2 Å². The number of carbonyl (C=O) groups is 2. The lowest BCUT2D eigenvalue weighted by molar-refractivity contribution is -0.140. The van der Waals surface area contributed by atoms with Crippen molar-refractivity contribution in [3.05, 3.63) is 129 Å². The number of carbonyl (C=O) groups excluding carboxylic acids is 2. The topological polar surface area (TPSA) is 86.8 Å². The molecule has 236 valence electrons. The van der Waals surface area contributed by atoms with Crippen LogP contribution in [0.2, 0.25) is 5.02 Å². The standard InChI is InChI=1S/C35H37BrClN3O4S/c1-24(2)38-35(42)33(21-27-9-6-5-7-10-27)39(22-28-11-8-12-29(36)20-28)34(41)23-40(31-16-13-25(3)26(4)19-31)45(43,44)32-17-14-30(37)15-18-32/h5-20,24,33H,21-23H2,1-4H3,(H,38,42). The van der Waals surface area contributed by atoms with Crippen LogP contribution in [0.25, 0.3) is 0 Å². The smallest absolute Gasteiger partial charge is 0.264 e. The van der Waals surface area contributed by atoms with Crippen molar-refractivity contribution in [2.24, 2.45) is 0 Å². The third-order valence-electron chi connectivity index (χ3n) is 7.40. The molecule has 0 heterocycles. The molecule has 0 aromatic heterocycles. The monoisotopic (exact) mass is 709 g/mol. The van der Waals surface area contributed by atoms with Crippen LogP contribution in [0.5, 0.6) is 0 Å². The number of amides is 2. The molecule has 1 N–H and O–H groups in total. The van der Waals surface area contributed by atoms with Crippen LogP contribution in [-0.4, -0.2) is 43.8 Å². The van der Waals surface area contributed by atoms with Crippen LogP contribution >= 0.6 is 27.5 Å². The fraction of sp³-hybridized carbons (Fsp3) is 0.257. The van der Waals surface area contributed by atoms with Gasteiger partial charge in [-0.3, -0.25) is 13.9 Å². The van der Waals surface area contributed by atoms with E-state index in [-0.39, 0.29) is 29.8 Å². The summed E-state index contributed by atoms with van der Waals surface area (Å²) in [6.07, 6.45) is 0.243. The first-order valence-corrected chi connectivity index (χ1v) is 17.2. The Bertz CT molecular complexity index is 1750. The molecule has 2 amide bonds. The van der Waals surface area contributed by atoms with Gasteiger partial charge < -0.3 is 10.2 Å². The second kappa shape index (κ2) is 15.1. The van der Waals surface area contributed by atoms with Crippen LogP contribution in [0.1, 0.15) is 36.1 Å². The highest BCUT2D eigenvalue weighted by Gasteiger charge is 2.35. The van der Waals surface area contributed by atoms with E-state index in [1.165, 1.54) is 29.2 Å². The van der Waals surface area contributed by atoms with E-state index in [0.29, 0.717) is 10.7 Å². The Labute approximate surface area is 279 Å². The predicted octanol–water partition coefficient (Wildman–Crippen LogP) is 7.08. The van der Waals surface area contributed by atoms with Gasteiger partial charge in [0.2, 0.25) is 11.8 Å². The van der Waals surface area contributed by atoms with Gasteiger partial charge in [0.25, 0.3) is 10.0 Å². The highest BCUT2D eigenvalue weighted by Crippen LogP contribution is 2.28. The average molecular weight is 711 g/mol. The van der Waals surface area contributed by atoms with E-state index in [0.717, 1.165) is 31.0 Å². The van der Waals surface area contributed by atoms with Crippen molar-refractivity contribution in [2.45, 2.75) is 57.6 Å². The molecule has 0 aliphatic heterocycles. The van der Waals surface area contributed by atoms with Crippen molar-refractivity contribution in [3.8, 4) is 0 Å². The Kier molecular flexibility index (Phi) is 11.5. The minimum atomic E-state index is -4.21. The van der Waals surface area contributed by atoms with Gasteiger partial charge in [-0.25, -0.2) is 8.42 Å². The molecule has 0 aliphatic rings. The quantitative estimate of drug-likeness (QED) is 0.170. The van der Waals surface area contributed by atoms with Gasteiger partial charge in [0.05, 0.1) is 10.6 Å². The van der Waals surface area contributed by atoms with Crippen LogP contribution in [-0.2, 0) is 32.6 Å². The van der Waals surface area contributed by atoms with Gasteiger partial charge in [0.1, 0.15) is 12.6 Å². The third kappa shape index (κ3) is 8.96. The van der Waals surface area contributed by atoms with Crippen molar-refractivity contribution in [1.82, 2.24) is 10.2 Å². The first-order chi connectivity index (χ1) is 21.3. The largest absolute Gasteiger partial charge is 0.352 e. The van der Waals surface area contributed by atoms with E-state index in [9.17, 15) is 18.0 Å². The average Bonchev–Trinajstić information content (AvgIpc) is 2.99. The molecule has 10 heteroatoms. The van der Waals surface area contributed by atoms with Crippen LogP contribution in [0.4, 0.5) is 5.69 Å². The number of halogens is 2. The molecule has 4 aromatic rings. The summed E-state index contributed by atoms with van der Waals surface area (Å²) in [6, 6.07) is 27.0. The number of hydrogen-bond acceptors (Lipinski definition) is 4. The molecule has 1 unspecified atom stereocenters. The number of nitrogens with one attached hydrogen (secondary N) is 1. The van der Waals surface area contributed by atoms with Crippen molar-refractivity contribution in [3.63, 3.8) is 0 Å². The first kappa shape index (κ1) is 34.2. The van der Waals surface area contributed by atoms with E-state index >= 15 is 0 Å². The summed E-state index contributed by atoms with van der Waals surface area (Å²) in [5, 5.41) is 3.36. The van der Waals surface area contributed by atoms with Crippen LogP contribution in [0.15, 0.2) is 106 Å². The number of aryl methyl sites for hydroxylation is 2. The van der Waals surface area contributed by atoms with E-state index < -0.39 is 28.5 Å². The number of hydrogen-bond donors (Lipinski definition) is 1. The summed E-state index contributed by atoms with van der Waals surface area (Å²) in [5.74, 6) is -0.846. The van der Waals surface area contributed by atoms with Gasteiger partial charge in [-0.15, -0.1) is 0 Å². The van der Waals surface area contributed by atoms with Crippen LogP contribution < -0.4 is 9.62 Å². The summed E-state index contributed by atoms with van der Waals surface area (Å²) < 4.78 is 30.3. The minimum absolute atomic E-state index is 0.00476. The lowest BCUT2D eigenvalue weighted by atomic mass is 10.0. The molecule has 1 atom stereocenters. The fourth-order valence-corrected chi connectivity index (χ4v) is 6.89. The maximum absolute atomic E-state index is 14.5. The molecule has 0 aliphatic carbocycles. The molecule has 0 fully saturated rings. The summed E-state index contributed by atoms with van der Waals surface area (Å²) in [4.78, 5) is 29.8. The zero-order chi connectivity index (χ0) is 32.7. The van der Waals surface area contributed by atoms with Crippen molar-refractivity contribution >= 4 is 55.1 Å². The molecule has 4 aromatic carbocycles. The second-order valence-electron chi connectivity index (χ2n) is 11.3.